The van der Waals surface area contributed by atoms with Gasteiger partial charge in [0.05, 0.1) is 5.71 Å². The lowest BCUT2D eigenvalue weighted by molar-refractivity contribution is -0.276. The molecule has 0 bridgehead atoms. The Morgan fingerprint density at radius 2 is 1.69 bits per heavy atom. The highest BCUT2D eigenvalue weighted by Crippen LogP contribution is 2.49. The van der Waals surface area contributed by atoms with Crippen molar-refractivity contribution in [2.75, 3.05) is 7.05 Å². The molecule has 2 aliphatic rings. The Morgan fingerprint density at radius 3 is 2.20 bits per heavy atom. The molecule has 1 heterocycles. The first-order valence-electron chi connectivity index (χ1n) is 10.5. The van der Waals surface area contributed by atoms with E-state index in [1.807, 2.05) is 0 Å². The molecule has 1 atom stereocenters. The summed E-state index contributed by atoms with van der Waals surface area (Å²) in [4.78, 5) is 29.4. The first kappa shape index (κ1) is 24.6. The number of likely N-dealkylation sites (N-methyl/N-ethyl adjacent to an activating group) is 1. The second kappa shape index (κ2) is 8.28. The molecule has 2 N–H and O–H groups in total. The van der Waals surface area contributed by atoms with E-state index >= 15 is 0 Å². The lowest BCUT2D eigenvalue weighted by Gasteiger charge is -2.29. The van der Waals surface area contributed by atoms with Crippen molar-refractivity contribution in [1.29, 1.82) is 0 Å². The minimum atomic E-state index is -5.15. The Balaban J connectivity index is 1.60. The summed E-state index contributed by atoms with van der Waals surface area (Å²) in [5, 5.41) is 8.67. The van der Waals surface area contributed by atoms with E-state index in [0.29, 0.717) is 18.4 Å². The maximum atomic E-state index is 14.0. The topological polar surface area (TPSA) is 79.8 Å². The maximum Gasteiger partial charge on any atom is 0.435 e. The second-order valence-corrected chi connectivity index (χ2v) is 8.53. The van der Waals surface area contributed by atoms with Crippen LogP contribution in [0.3, 0.4) is 0 Å². The van der Waals surface area contributed by atoms with Gasteiger partial charge >= 0.3 is 6.18 Å². The Kier molecular flexibility index (Phi) is 5.81. The van der Waals surface area contributed by atoms with Crippen molar-refractivity contribution in [3.63, 3.8) is 0 Å². The lowest BCUT2D eigenvalue weighted by Crippen LogP contribution is -2.48. The molecule has 1 fully saturated rings. The van der Waals surface area contributed by atoms with Gasteiger partial charge in [0.25, 0.3) is 11.5 Å². The number of aryl methyl sites for hydroxylation is 1. The van der Waals surface area contributed by atoms with Crippen molar-refractivity contribution in [2.45, 2.75) is 43.5 Å². The van der Waals surface area contributed by atoms with Crippen LogP contribution < -0.4 is 10.6 Å². The summed E-state index contributed by atoms with van der Waals surface area (Å²) in [5.74, 6) is -6.34. The van der Waals surface area contributed by atoms with Crippen LogP contribution in [-0.2, 0) is 15.2 Å². The molecule has 1 aliphatic carbocycles. The van der Waals surface area contributed by atoms with Gasteiger partial charge in [-0.3, -0.25) is 9.59 Å². The van der Waals surface area contributed by atoms with Gasteiger partial charge in [-0.1, -0.05) is 11.2 Å². The molecule has 0 aromatic heterocycles. The molecule has 0 saturated heterocycles. The zero-order valence-electron chi connectivity index (χ0n) is 18.4. The predicted octanol–water partition coefficient (Wildman–Crippen LogP) is 4.00. The number of carbonyl (C=O) groups is 2. The molecule has 186 valence electrons. The van der Waals surface area contributed by atoms with Crippen molar-refractivity contribution in [1.82, 2.24) is 10.6 Å². The standard InChI is InChI=1S/C23H19F6N3O3/c1-11-7-12(3-4-14(11)19(33)31-21(5-6-21)20(34)30-2)17-10-22(35-32-17,23(27,28)29)13-8-15(24)18(26)16(25)9-13/h3-4,7-9H,5-6,10H2,1-2H3,(H,30,34)(H,31,33). The van der Waals surface area contributed by atoms with Crippen LogP contribution in [-0.4, -0.2) is 36.3 Å². The third-order valence-corrected chi connectivity index (χ3v) is 6.20. The average Bonchev–Trinajstić information content (AvgIpc) is 3.41. The Labute approximate surface area is 195 Å². The fourth-order valence-corrected chi connectivity index (χ4v) is 4.00. The van der Waals surface area contributed by atoms with Crippen molar-refractivity contribution in [3.05, 3.63) is 70.0 Å². The molecule has 2 aromatic rings. The Hall–Kier alpha value is -3.57. The van der Waals surface area contributed by atoms with Crippen molar-refractivity contribution in [3.8, 4) is 0 Å². The van der Waals surface area contributed by atoms with Crippen molar-refractivity contribution < 1.29 is 40.8 Å². The molecular weight excluding hydrogens is 480 g/mol. The summed E-state index contributed by atoms with van der Waals surface area (Å²) < 4.78 is 82.8. The molecule has 6 nitrogen and oxygen atoms in total. The molecule has 35 heavy (non-hydrogen) atoms. The van der Waals surface area contributed by atoms with Gasteiger partial charge in [0.15, 0.2) is 17.5 Å². The van der Waals surface area contributed by atoms with Gasteiger partial charge in [0, 0.05) is 24.6 Å². The summed E-state index contributed by atoms with van der Waals surface area (Å²) >= 11 is 0. The number of benzene rings is 2. The summed E-state index contributed by atoms with van der Waals surface area (Å²) in [5.41, 5.74) is -4.60. The van der Waals surface area contributed by atoms with Crippen LogP contribution in [0.2, 0.25) is 0 Å². The van der Waals surface area contributed by atoms with E-state index < -0.39 is 52.7 Å². The van der Waals surface area contributed by atoms with E-state index in [4.69, 9.17) is 4.84 Å². The number of rotatable bonds is 5. The van der Waals surface area contributed by atoms with E-state index in [9.17, 15) is 35.9 Å². The van der Waals surface area contributed by atoms with Gasteiger partial charge < -0.3 is 15.5 Å². The summed E-state index contributed by atoms with van der Waals surface area (Å²) in [6, 6.07) is 4.58. The first-order valence-corrected chi connectivity index (χ1v) is 10.5. The molecule has 1 unspecified atom stereocenters. The van der Waals surface area contributed by atoms with E-state index in [1.165, 1.54) is 25.2 Å². The van der Waals surface area contributed by atoms with Crippen LogP contribution >= 0.6 is 0 Å². The van der Waals surface area contributed by atoms with Crippen LogP contribution in [0.4, 0.5) is 26.3 Å². The molecule has 1 aliphatic heterocycles. The molecule has 1 saturated carbocycles. The lowest BCUT2D eigenvalue weighted by atomic mass is 9.86. The minimum absolute atomic E-state index is 0.181. The molecule has 12 heteroatoms. The van der Waals surface area contributed by atoms with E-state index in [1.54, 1.807) is 6.92 Å². The number of amides is 2. The molecule has 0 radical (unpaired) electrons. The van der Waals surface area contributed by atoms with Crippen LogP contribution in [0.1, 0.15) is 46.3 Å². The summed E-state index contributed by atoms with van der Waals surface area (Å²) in [6.45, 7) is 1.55. The van der Waals surface area contributed by atoms with Crippen molar-refractivity contribution in [2.24, 2.45) is 5.16 Å². The smallest absolute Gasteiger partial charge is 0.374 e. The molecular formula is C23H19F6N3O3. The molecule has 2 amide bonds. The molecule has 4 rings (SSSR count). The van der Waals surface area contributed by atoms with Gasteiger partial charge in [0.1, 0.15) is 5.54 Å². The van der Waals surface area contributed by atoms with E-state index in [2.05, 4.69) is 15.8 Å². The summed E-state index contributed by atoms with van der Waals surface area (Å²) in [6.07, 6.45) is -5.13. The highest BCUT2D eigenvalue weighted by Gasteiger charge is 2.62. The average molecular weight is 499 g/mol. The van der Waals surface area contributed by atoms with Gasteiger partial charge in [-0.2, -0.15) is 13.2 Å². The highest BCUT2D eigenvalue weighted by molar-refractivity contribution is 6.05. The third kappa shape index (κ3) is 4.10. The number of carbonyl (C=O) groups excluding carboxylic acids is 2. The van der Waals surface area contributed by atoms with Crippen LogP contribution in [0, 0.1) is 24.4 Å². The number of hydrogen-bond donors (Lipinski definition) is 2. The number of nitrogens with one attached hydrogen (secondary N) is 2. The van der Waals surface area contributed by atoms with Crippen molar-refractivity contribution >= 4 is 17.5 Å². The Bertz CT molecular complexity index is 1230. The number of halogens is 6. The van der Waals surface area contributed by atoms with Gasteiger partial charge in [-0.15, -0.1) is 0 Å². The predicted molar refractivity (Wildman–Crippen MR) is 111 cm³/mol. The monoisotopic (exact) mass is 499 g/mol. The summed E-state index contributed by atoms with van der Waals surface area (Å²) in [7, 11) is 1.45. The van der Waals surface area contributed by atoms with Gasteiger partial charge in [-0.05, 0) is 55.2 Å². The molecule has 0 spiro atoms. The fraction of sp³-hybridized carbons (Fsp3) is 0.348. The minimum Gasteiger partial charge on any atom is -0.374 e. The zero-order valence-corrected chi connectivity index (χ0v) is 18.4. The van der Waals surface area contributed by atoms with Crippen LogP contribution in [0.15, 0.2) is 35.5 Å². The first-order chi connectivity index (χ1) is 16.3. The molecule has 2 aromatic carbocycles. The third-order valence-electron chi connectivity index (χ3n) is 6.20. The second-order valence-electron chi connectivity index (χ2n) is 8.53. The number of alkyl halides is 3. The Morgan fingerprint density at radius 1 is 1.06 bits per heavy atom. The quantitative estimate of drug-likeness (QED) is 0.482. The fourth-order valence-electron chi connectivity index (χ4n) is 4.00. The normalized spacial score (nSPS) is 20.6. The number of oxime groups is 1. The van der Waals surface area contributed by atoms with Gasteiger partial charge in [-0.25, -0.2) is 13.2 Å². The number of hydrogen-bond acceptors (Lipinski definition) is 4. The van der Waals surface area contributed by atoms with Crippen LogP contribution in [0.25, 0.3) is 0 Å². The highest BCUT2D eigenvalue weighted by atomic mass is 19.4. The maximum absolute atomic E-state index is 14.0. The zero-order chi connectivity index (χ0) is 25.8. The largest absolute Gasteiger partial charge is 0.435 e. The van der Waals surface area contributed by atoms with Gasteiger partial charge in [0.2, 0.25) is 5.91 Å². The van der Waals surface area contributed by atoms with E-state index in [0.717, 1.165) is 0 Å². The number of nitrogens with zero attached hydrogens (tertiary/aromatic N) is 1. The SMILES string of the molecule is CNC(=O)C1(NC(=O)c2ccc(C3=NOC(c4cc(F)c(F)c(F)c4)(C(F)(F)F)C3)cc2C)CC1. The van der Waals surface area contributed by atoms with Crippen LogP contribution in [0.5, 0.6) is 0 Å². The van der Waals surface area contributed by atoms with E-state index in [-0.39, 0.29) is 34.9 Å².